The second kappa shape index (κ2) is 12.3. The summed E-state index contributed by atoms with van der Waals surface area (Å²) in [6, 6.07) is 21.9. The molecule has 0 radical (unpaired) electrons. The number of piperazine rings is 1. The van der Waals surface area contributed by atoms with Crippen molar-refractivity contribution in [3.63, 3.8) is 0 Å². The molecule has 2 aromatic carbocycles. The first-order valence-corrected chi connectivity index (χ1v) is 13.4. The molecule has 1 saturated heterocycles. The molecule has 0 amide bonds. The van der Waals surface area contributed by atoms with Crippen molar-refractivity contribution in [1.82, 2.24) is 9.80 Å². The van der Waals surface area contributed by atoms with E-state index in [2.05, 4.69) is 91.2 Å². The topological polar surface area (TPSA) is 35.9 Å². The molecule has 2 aromatic rings. The average Bonchev–Trinajstić information content (AvgIpc) is 2.85. The Morgan fingerprint density at radius 3 is 2.03 bits per heavy atom. The highest BCUT2D eigenvalue weighted by Gasteiger charge is 2.32. The first-order valence-electron chi connectivity index (χ1n) is 13.4. The first kappa shape index (κ1) is 25.4. The highest BCUT2D eigenvalue weighted by atomic mass is 16.5. The van der Waals surface area contributed by atoms with Crippen molar-refractivity contribution in [2.75, 3.05) is 39.3 Å². The first-order chi connectivity index (χ1) is 16.5. The number of aliphatic hydroxyl groups excluding tert-OH is 1. The molecule has 0 aromatic heterocycles. The normalized spacial score (nSPS) is 25.6. The Morgan fingerprint density at radius 2 is 1.47 bits per heavy atom. The van der Waals surface area contributed by atoms with Crippen LogP contribution in [0.4, 0.5) is 0 Å². The SMILES string of the molecule is CC(C)[C@@H]1CC[C@@H](C)C[C@H]1OC[C@H](O)CN1CCN(C(c2ccccc2)c2ccccc2)CC1. The molecular formula is C30H44N2O2. The molecule has 1 aliphatic heterocycles. The smallest absolute Gasteiger partial charge is 0.0900 e. The van der Waals surface area contributed by atoms with E-state index >= 15 is 0 Å². The standard InChI is InChI=1S/C30H44N2O2/c1-23(2)28-15-14-24(3)20-29(28)34-22-27(33)21-31-16-18-32(19-17-31)30(25-10-6-4-7-11-25)26-12-8-5-9-13-26/h4-13,23-24,27-30,33H,14-22H2,1-3H3/t24-,27-,28+,29-/m1/s1. The van der Waals surface area contributed by atoms with Crippen molar-refractivity contribution in [3.8, 4) is 0 Å². The van der Waals surface area contributed by atoms with Crippen LogP contribution in [0, 0.1) is 17.8 Å². The Morgan fingerprint density at radius 1 is 0.882 bits per heavy atom. The van der Waals surface area contributed by atoms with Gasteiger partial charge in [0.2, 0.25) is 0 Å². The van der Waals surface area contributed by atoms with Gasteiger partial charge in [0.15, 0.2) is 0 Å². The lowest BCUT2D eigenvalue weighted by Crippen LogP contribution is -2.50. The third-order valence-corrected chi connectivity index (χ3v) is 7.94. The van der Waals surface area contributed by atoms with Crippen molar-refractivity contribution in [2.24, 2.45) is 17.8 Å². The van der Waals surface area contributed by atoms with E-state index in [0.717, 1.165) is 38.5 Å². The van der Waals surface area contributed by atoms with Crippen LogP contribution >= 0.6 is 0 Å². The summed E-state index contributed by atoms with van der Waals surface area (Å²) in [5, 5.41) is 10.8. The minimum atomic E-state index is -0.421. The lowest BCUT2D eigenvalue weighted by Gasteiger charge is -2.40. The van der Waals surface area contributed by atoms with Crippen LogP contribution in [-0.4, -0.2) is 66.4 Å². The third kappa shape index (κ3) is 6.69. The second-order valence-electron chi connectivity index (χ2n) is 10.9. The van der Waals surface area contributed by atoms with Crippen LogP contribution in [0.5, 0.6) is 0 Å². The molecule has 4 nitrogen and oxygen atoms in total. The quantitative estimate of drug-likeness (QED) is 0.551. The number of aliphatic hydroxyl groups is 1. The Hall–Kier alpha value is -1.72. The zero-order chi connectivity index (χ0) is 23.9. The van der Waals surface area contributed by atoms with E-state index in [1.165, 1.54) is 24.0 Å². The Kier molecular flexibility index (Phi) is 9.18. The number of nitrogens with zero attached hydrogens (tertiary/aromatic N) is 2. The molecule has 4 heteroatoms. The number of hydrogen-bond acceptors (Lipinski definition) is 4. The molecule has 1 N–H and O–H groups in total. The molecular weight excluding hydrogens is 420 g/mol. The van der Waals surface area contributed by atoms with Gasteiger partial charge in [-0.3, -0.25) is 9.80 Å². The highest BCUT2D eigenvalue weighted by Crippen LogP contribution is 2.35. The number of benzene rings is 2. The van der Waals surface area contributed by atoms with Crippen LogP contribution in [0.3, 0.4) is 0 Å². The summed E-state index contributed by atoms with van der Waals surface area (Å²) in [5.74, 6) is 2.00. The molecule has 4 rings (SSSR count). The maximum absolute atomic E-state index is 10.8. The lowest BCUT2D eigenvalue weighted by atomic mass is 9.75. The van der Waals surface area contributed by atoms with Crippen LogP contribution in [0.1, 0.15) is 57.2 Å². The summed E-state index contributed by atoms with van der Waals surface area (Å²) in [6.07, 6.45) is 3.58. The molecule has 2 aliphatic rings. The van der Waals surface area contributed by atoms with Gasteiger partial charge in [-0.1, -0.05) is 87.9 Å². The summed E-state index contributed by atoms with van der Waals surface area (Å²) in [4.78, 5) is 4.99. The van der Waals surface area contributed by atoms with Crippen molar-refractivity contribution < 1.29 is 9.84 Å². The third-order valence-electron chi connectivity index (χ3n) is 7.94. The van der Waals surface area contributed by atoms with E-state index in [1.54, 1.807) is 0 Å². The molecule has 0 spiro atoms. The highest BCUT2D eigenvalue weighted by molar-refractivity contribution is 5.31. The van der Waals surface area contributed by atoms with Gasteiger partial charge in [-0.2, -0.15) is 0 Å². The predicted molar refractivity (Wildman–Crippen MR) is 140 cm³/mol. The lowest BCUT2D eigenvalue weighted by molar-refractivity contribution is -0.0757. The summed E-state index contributed by atoms with van der Waals surface area (Å²) >= 11 is 0. The molecule has 34 heavy (non-hydrogen) atoms. The average molecular weight is 465 g/mol. The van der Waals surface area contributed by atoms with Crippen LogP contribution in [0.2, 0.25) is 0 Å². The van der Waals surface area contributed by atoms with Gasteiger partial charge in [-0.05, 0) is 41.7 Å². The van der Waals surface area contributed by atoms with E-state index in [4.69, 9.17) is 4.74 Å². The van der Waals surface area contributed by atoms with Crippen molar-refractivity contribution in [3.05, 3.63) is 71.8 Å². The van der Waals surface area contributed by atoms with Gasteiger partial charge in [0.05, 0.1) is 24.9 Å². The van der Waals surface area contributed by atoms with Crippen LogP contribution < -0.4 is 0 Å². The zero-order valence-corrected chi connectivity index (χ0v) is 21.4. The zero-order valence-electron chi connectivity index (χ0n) is 21.4. The summed E-state index contributed by atoms with van der Waals surface area (Å²) in [7, 11) is 0. The van der Waals surface area contributed by atoms with Crippen LogP contribution in [0.15, 0.2) is 60.7 Å². The van der Waals surface area contributed by atoms with Gasteiger partial charge in [0.25, 0.3) is 0 Å². The van der Waals surface area contributed by atoms with Crippen molar-refractivity contribution >= 4 is 0 Å². The molecule has 2 fully saturated rings. The van der Waals surface area contributed by atoms with Gasteiger partial charge in [0.1, 0.15) is 0 Å². The maximum Gasteiger partial charge on any atom is 0.0900 e. The molecule has 1 heterocycles. The summed E-state index contributed by atoms with van der Waals surface area (Å²) < 4.78 is 6.32. The number of rotatable bonds is 9. The van der Waals surface area contributed by atoms with Gasteiger partial charge in [0, 0.05) is 32.7 Å². The van der Waals surface area contributed by atoms with Crippen LogP contribution in [0.25, 0.3) is 0 Å². The maximum atomic E-state index is 10.8. The summed E-state index contributed by atoms with van der Waals surface area (Å²) in [5.41, 5.74) is 2.69. The second-order valence-corrected chi connectivity index (χ2v) is 10.9. The van der Waals surface area contributed by atoms with Crippen molar-refractivity contribution in [1.29, 1.82) is 0 Å². The summed E-state index contributed by atoms with van der Waals surface area (Å²) in [6.45, 7) is 12.1. The number of hydrogen-bond donors (Lipinski definition) is 1. The van der Waals surface area contributed by atoms with E-state index in [9.17, 15) is 5.11 Å². The molecule has 186 valence electrons. The fourth-order valence-corrected chi connectivity index (χ4v) is 5.98. The minimum absolute atomic E-state index is 0.277. The molecule has 0 unspecified atom stereocenters. The van der Waals surface area contributed by atoms with E-state index < -0.39 is 6.10 Å². The Balaban J connectivity index is 1.29. The molecule has 0 bridgehead atoms. The Labute approximate surface area is 206 Å². The monoisotopic (exact) mass is 464 g/mol. The number of β-amino-alcohol motifs (C(OH)–C–C–N with tert-alkyl or cyclic N) is 1. The van der Waals surface area contributed by atoms with E-state index in [1.807, 2.05) is 0 Å². The minimum Gasteiger partial charge on any atom is -0.389 e. The van der Waals surface area contributed by atoms with Gasteiger partial charge < -0.3 is 9.84 Å². The van der Waals surface area contributed by atoms with Crippen molar-refractivity contribution in [2.45, 2.75) is 58.3 Å². The van der Waals surface area contributed by atoms with Gasteiger partial charge in [-0.25, -0.2) is 0 Å². The van der Waals surface area contributed by atoms with Gasteiger partial charge >= 0.3 is 0 Å². The van der Waals surface area contributed by atoms with Gasteiger partial charge in [-0.15, -0.1) is 0 Å². The number of ether oxygens (including phenoxy) is 1. The molecule has 1 saturated carbocycles. The molecule has 1 aliphatic carbocycles. The fourth-order valence-electron chi connectivity index (χ4n) is 5.98. The predicted octanol–water partition coefficient (Wildman–Crippen LogP) is 5.23. The van der Waals surface area contributed by atoms with E-state index in [0.29, 0.717) is 31.1 Å². The largest absolute Gasteiger partial charge is 0.389 e. The Bertz CT molecular complexity index is 796. The van der Waals surface area contributed by atoms with E-state index in [-0.39, 0.29) is 6.04 Å². The molecule has 4 atom stereocenters. The van der Waals surface area contributed by atoms with Crippen LogP contribution in [-0.2, 0) is 4.74 Å². The fraction of sp³-hybridized carbons (Fsp3) is 0.600.